The number of amides is 1. The van der Waals surface area contributed by atoms with E-state index in [1.165, 1.54) is 11.8 Å². The lowest BCUT2D eigenvalue weighted by atomic mass is 10.1. The first-order valence-electron chi connectivity index (χ1n) is 8.92. The maximum atomic E-state index is 13.0. The normalized spacial score (nSPS) is 12.4. The van der Waals surface area contributed by atoms with Crippen LogP contribution in [0.15, 0.2) is 46.3 Å². The highest BCUT2D eigenvalue weighted by Crippen LogP contribution is 2.25. The fourth-order valence-corrected chi connectivity index (χ4v) is 3.86. The molecule has 1 amide bonds. The molecular formula is C20H23N3O2S. The molecular weight excluding hydrogens is 346 g/mol. The lowest BCUT2D eigenvalue weighted by Crippen LogP contribution is -2.32. The molecule has 136 valence electrons. The van der Waals surface area contributed by atoms with Crippen LogP contribution in [-0.2, 0) is 11.3 Å². The summed E-state index contributed by atoms with van der Waals surface area (Å²) >= 11 is 1.33. The molecule has 5 nitrogen and oxygen atoms in total. The third-order valence-electron chi connectivity index (χ3n) is 4.30. The van der Waals surface area contributed by atoms with Gasteiger partial charge in [-0.2, -0.15) is 0 Å². The third-order valence-corrected chi connectivity index (χ3v) is 5.39. The van der Waals surface area contributed by atoms with Crippen LogP contribution in [0.1, 0.15) is 27.2 Å². The van der Waals surface area contributed by atoms with Crippen LogP contribution in [0, 0.1) is 0 Å². The summed E-state index contributed by atoms with van der Waals surface area (Å²) in [6.07, 6.45) is 0.893. The predicted octanol–water partition coefficient (Wildman–Crippen LogP) is 3.58. The van der Waals surface area contributed by atoms with Crippen LogP contribution in [0.25, 0.3) is 21.7 Å². The standard InChI is InChI=1S/C20H23N3O2S/c1-4-10-21-18(24)13(3)26-20-22-17-12-15-9-7-6-8-14(15)11-16(17)19(25)23(20)5-2/h6-9,11-13H,4-5,10H2,1-3H3,(H,21,24). The number of thioether (sulfide) groups is 1. The lowest BCUT2D eigenvalue weighted by molar-refractivity contribution is -0.120. The molecule has 0 aliphatic carbocycles. The number of nitrogens with zero attached hydrogens (tertiary/aromatic N) is 2. The van der Waals surface area contributed by atoms with E-state index < -0.39 is 0 Å². The van der Waals surface area contributed by atoms with Crippen molar-refractivity contribution >= 4 is 39.3 Å². The van der Waals surface area contributed by atoms with Gasteiger partial charge in [0, 0.05) is 13.1 Å². The predicted molar refractivity (Wildman–Crippen MR) is 108 cm³/mol. The molecule has 1 aromatic heterocycles. The molecule has 2 aromatic carbocycles. The third kappa shape index (κ3) is 3.60. The van der Waals surface area contributed by atoms with Crippen molar-refractivity contribution in [3.63, 3.8) is 0 Å². The first-order chi connectivity index (χ1) is 12.5. The highest BCUT2D eigenvalue weighted by atomic mass is 32.2. The number of nitrogens with one attached hydrogen (secondary N) is 1. The van der Waals surface area contributed by atoms with Gasteiger partial charge in [0.25, 0.3) is 5.56 Å². The largest absolute Gasteiger partial charge is 0.355 e. The van der Waals surface area contributed by atoms with Crippen molar-refractivity contribution in [3.05, 3.63) is 46.8 Å². The van der Waals surface area contributed by atoms with E-state index in [2.05, 4.69) is 5.32 Å². The molecule has 1 N–H and O–H groups in total. The monoisotopic (exact) mass is 369 g/mol. The maximum Gasteiger partial charge on any atom is 0.262 e. The number of carbonyl (C=O) groups is 1. The Balaban J connectivity index is 2.05. The molecule has 1 unspecified atom stereocenters. The van der Waals surface area contributed by atoms with Crippen LogP contribution in [0.2, 0.25) is 0 Å². The molecule has 0 radical (unpaired) electrons. The van der Waals surface area contributed by atoms with Crippen LogP contribution >= 0.6 is 11.8 Å². The van der Waals surface area contributed by atoms with E-state index >= 15 is 0 Å². The summed E-state index contributed by atoms with van der Waals surface area (Å²) in [6.45, 7) is 6.94. The van der Waals surface area contributed by atoms with Crippen molar-refractivity contribution in [2.24, 2.45) is 0 Å². The molecule has 3 rings (SSSR count). The van der Waals surface area contributed by atoms with Gasteiger partial charge in [0.05, 0.1) is 16.2 Å². The van der Waals surface area contributed by atoms with Crippen molar-refractivity contribution < 1.29 is 4.79 Å². The Morgan fingerprint density at radius 1 is 1.23 bits per heavy atom. The Kier molecular flexibility index (Phi) is 5.61. The van der Waals surface area contributed by atoms with Gasteiger partial charge in [-0.1, -0.05) is 43.0 Å². The Labute approximate surface area is 156 Å². The maximum absolute atomic E-state index is 13.0. The topological polar surface area (TPSA) is 64.0 Å². The number of rotatable bonds is 6. The quantitative estimate of drug-likeness (QED) is 0.410. The second-order valence-electron chi connectivity index (χ2n) is 6.21. The highest BCUT2D eigenvalue weighted by molar-refractivity contribution is 8.00. The summed E-state index contributed by atoms with van der Waals surface area (Å²) in [6, 6.07) is 11.8. The van der Waals surface area contributed by atoms with Gasteiger partial charge in [-0.05, 0) is 43.2 Å². The number of carbonyl (C=O) groups excluding carboxylic acids is 1. The summed E-state index contributed by atoms with van der Waals surface area (Å²) < 4.78 is 1.64. The summed E-state index contributed by atoms with van der Waals surface area (Å²) in [4.78, 5) is 29.8. The molecule has 0 fully saturated rings. The van der Waals surface area contributed by atoms with Crippen LogP contribution in [-0.4, -0.2) is 27.3 Å². The molecule has 0 bridgehead atoms. The van der Waals surface area contributed by atoms with Crippen LogP contribution in [0.4, 0.5) is 0 Å². The molecule has 1 atom stereocenters. The van der Waals surface area contributed by atoms with E-state index in [0.29, 0.717) is 29.1 Å². The zero-order valence-corrected chi connectivity index (χ0v) is 16.1. The molecule has 0 saturated heterocycles. The molecule has 6 heteroatoms. The molecule has 0 saturated carbocycles. The van der Waals surface area contributed by atoms with E-state index in [0.717, 1.165) is 17.2 Å². The molecule has 0 aliphatic rings. The second-order valence-corrected chi connectivity index (χ2v) is 7.52. The smallest absolute Gasteiger partial charge is 0.262 e. The van der Waals surface area contributed by atoms with Crippen LogP contribution < -0.4 is 10.9 Å². The molecule has 3 aromatic rings. The first kappa shape index (κ1) is 18.5. The Morgan fingerprint density at radius 2 is 1.92 bits per heavy atom. The minimum atomic E-state index is -0.316. The SMILES string of the molecule is CCCNC(=O)C(C)Sc1nc2cc3ccccc3cc2c(=O)n1CC. The molecule has 0 aliphatic heterocycles. The van der Waals surface area contributed by atoms with Gasteiger partial charge in [0.2, 0.25) is 5.91 Å². The average Bonchev–Trinajstić information content (AvgIpc) is 2.65. The summed E-state index contributed by atoms with van der Waals surface area (Å²) in [5.74, 6) is -0.0349. The van der Waals surface area contributed by atoms with Crippen molar-refractivity contribution in [1.29, 1.82) is 0 Å². The Morgan fingerprint density at radius 3 is 2.58 bits per heavy atom. The number of hydrogen-bond acceptors (Lipinski definition) is 4. The summed E-state index contributed by atoms with van der Waals surface area (Å²) in [7, 11) is 0. The number of benzene rings is 2. The van der Waals surface area contributed by atoms with Gasteiger partial charge in [0.1, 0.15) is 0 Å². The van der Waals surface area contributed by atoms with Gasteiger partial charge in [-0.15, -0.1) is 0 Å². The van der Waals surface area contributed by atoms with E-state index in [9.17, 15) is 9.59 Å². The Bertz CT molecular complexity index is 1010. The van der Waals surface area contributed by atoms with Crippen molar-refractivity contribution in [2.75, 3.05) is 6.54 Å². The minimum Gasteiger partial charge on any atom is -0.355 e. The van der Waals surface area contributed by atoms with E-state index in [4.69, 9.17) is 4.98 Å². The summed E-state index contributed by atoms with van der Waals surface area (Å²) in [5.41, 5.74) is 0.606. The molecule has 1 heterocycles. The van der Waals surface area contributed by atoms with E-state index in [1.54, 1.807) is 4.57 Å². The van der Waals surface area contributed by atoms with Gasteiger partial charge < -0.3 is 5.32 Å². The fraction of sp³-hybridized carbons (Fsp3) is 0.350. The number of fused-ring (bicyclic) bond motifs is 2. The van der Waals surface area contributed by atoms with Crippen molar-refractivity contribution in [3.8, 4) is 0 Å². The lowest BCUT2D eigenvalue weighted by Gasteiger charge is -2.15. The highest BCUT2D eigenvalue weighted by Gasteiger charge is 2.18. The number of aromatic nitrogens is 2. The second kappa shape index (κ2) is 7.91. The van der Waals surface area contributed by atoms with Gasteiger partial charge >= 0.3 is 0 Å². The Hall–Kier alpha value is -2.34. The van der Waals surface area contributed by atoms with Crippen molar-refractivity contribution in [2.45, 2.75) is 44.1 Å². The molecule has 26 heavy (non-hydrogen) atoms. The zero-order chi connectivity index (χ0) is 18.7. The number of hydrogen-bond donors (Lipinski definition) is 1. The van der Waals surface area contributed by atoms with Gasteiger partial charge in [-0.3, -0.25) is 14.2 Å². The molecule has 0 spiro atoms. The minimum absolute atomic E-state index is 0.0349. The summed E-state index contributed by atoms with van der Waals surface area (Å²) in [5, 5.41) is 5.84. The zero-order valence-electron chi connectivity index (χ0n) is 15.3. The average molecular weight is 369 g/mol. The van der Waals surface area contributed by atoms with Gasteiger partial charge in [-0.25, -0.2) is 4.98 Å². The van der Waals surface area contributed by atoms with Gasteiger partial charge in [0.15, 0.2) is 5.16 Å². The van der Waals surface area contributed by atoms with E-state index in [1.807, 2.05) is 57.2 Å². The first-order valence-corrected chi connectivity index (χ1v) is 9.80. The van der Waals surface area contributed by atoms with Crippen molar-refractivity contribution in [1.82, 2.24) is 14.9 Å². The van der Waals surface area contributed by atoms with Crippen LogP contribution in [0.5, 0.6) is 0 Å². The van der Waals surface area contributed by atoms with Crippen LogP contribution in [0.3, 0.4) is 0 Å². The fourth-order valence-electron chi connectivity index (χ4n) is 2.86. The van der Waals surface area contributed by atoms with E-state index in [-0.39, 0.29) is 16.7 Å².